The van der Waals surface area contributed by atoms with Crippen LogP contribution in [0.15, 0.2) is 33.3 Å². The van der Waals surface area contributed by atoms with E-state index >= 15 is 0 Å². The topological polar surface area (TPSA) is 59.2 Å². The first-order chi connectivity index (χ1) is 10.7. The van der Waals surface area contributed by atoms with Crippen LogP contribution in [0.4, 0.5) is 0 Å². The lowest BCUT2D eigenvalue weighted by Crippen LogP contribution is -2.28. The predicted molar refractivity (Wildman–Crippen MR) is 83.7 cm³/mol. The second kappa shape index (κ2) is 5.50. The van der Waals surface area contributed by atoms with Crippen molar-refractivity contribution in [3.63, 3.8) is 0 Å². The molecule has 5 nitrogen and oxygen atoms in total. The summed E-state index contributed by atoms with van der Waals surface area (Å²) in [4.78, 5) is 18.9. The van der Waals surface area contributed by atoms with Gasteiger partial charge in [-0.05, 0) is 37.5 Å². The number of carbonyl (C=O) groups is 1. The number of nitrogens with zero attached hydrogens (tertiary/aromatic N) is 3. The lowest BCUT2D eigenvalue weighted by Gasteiger charge is -2.15. The molecule has 1 saturated heterocycles. The van der Waals surface area contributed by atoms with Crippen molar-refractivity contribution in [2.24, 2.45) is 0 Å². The van der Waals surface area contributed by atoms with Crippen molar-refractivity contribution in [1.29, 1.82) is 0 Å². The molecule has 2 aromatic rings. The molecule has 22 heavy (non-hydrogen) atoms. The Hall–Kier alpha value is -1.69. The Balaban J connectivity index is 1.46. The molecule has 1 aromatic carbocycles. The van der Waals surface area contributed by atoms with Crippen LogP contribution >= 0.6 is 15.9 Å². The van der Waals surface area contributed by atoms with Gasteiger partial charge in [0.25, 0.3) is 5.91 Å². The number of hydrogen-bond acceptors (Lipinski definition) is 4. The normalized spacial score (nSPS) is 21.3. The predicted octanol–water partition coefficient (Wildman–Crippen LogP) is 3.34. The maximum atomic E-state index is 12.5. The average Bonchev–Trinajstić information content (AvgIpc) is 3.06. The number of likely N-dealkylation sites (tertiary alicyclic amines) is 1. The zero-order valence-electron chi connectivity index (χ0n) is 12.0. The zero-order valence-corrected chi connectivity index (χ0v) is 13.6. The van der Waals surface area contributed by atoms with E-state index < -0.39 is 0 Å². The smallest absolute Gasteiger partial charge is 0.253 e. The summed E-state index contributed by atoms with van der Waals surface area (Å²) in [6, 6.07) is 7.50. The quantitative estimate of drug-likeness (QED) is 0.840. The van der Waals surface area contributed by atoms with Crippen LogP contribution in [0.1, 0.15) is 53.2 Å². The van der Waals surface area contributed by atoms with Gasteiger partial charge in [0.15, 0.2) is 5.82 Å². The largest absolute Gasteiger partial charge is 0.339 e. The summed E-state index contributed by atoms with van der Waals surface area (Å²) in [5.41, 5.74) is 0.708. The molecular weight excluding hydrogens is 346 g/mol. The van der Waals surface area contributed by atoms with E-state index in [0.29, 0.717) is 23.9 Å². The van der Waals surface area contributed by atoms with Crippen molar-refractivity contribution in [3.8, 4) is 0 Å². The highest BCUT2D eigenvalue weighted by atomic mass is 79.9. The van der Waals surface area contributed by atoms with Gasteiger partial charge in [-0.15, -0.1) is 0 Å². The van der Waals surface area contributed by atoms with E-state index in [-0.39, 0.29) is 11.8 Å². The minimum atomic E-state index is 0.0609. The first-order valence-electron chi connectivity index (χ1n) is 7.59. The molecule has 4 rings (SSSR count). The Kier molecular flexibility index (Phi) is 3.48. The van der Waals surface area contributed by atoms with Gasteiger partial charge >= 0.3 is 0 Å². The number of rotatable bonds is 3. The highest BCUT2D eigenvalue weighted by molar-refractivity contribution is 9.10. The molecule has 1 aliphatic heterocycles. The first-order valence-corrected chi connectivity index (χ1v) is 8.38. The van der Waals surface area contributed by atoms with Crippen LogP contribution in [0.5, 0.6) is 0 Å². The number of carbonyl (C=O) groups excluding carboxylic acids is 1. The molecule has 1 aliphatic carbocycles. The van der Waals surface area contributed by atoms with Gasteiger partial charge in [-0.1, -0.05) is 27.2 Å². The van der Waals surface area contributed by atoms with E-state index in [2.05, 4.69) is 26.1 Å². The van der Waals surface area contributed by atoms with Gasteiger partial charge in [0.05, 0.1) is 5.92 Å². The van der Waals surface area contributed by atoms with E-state index in [0.717, 1.165) is 36.1 Å². The summed E-state index contributed by atoms with van der Waals surface area (Å²) in [6.07, 6.45) is 3.21. The third kappa shape index (κ3) is 2.67. The van der Waals surface area contributed by atoms with Crippen LogP contribution in [0.3, 0.4) is 0 Å². The summed E-state index contributed by atoms with van der Waals surface area (Å²) in [6.45, 7) is 1.38. The van der Waals surface area contributed by atoms with Crippen molar-refractivity contribution in [1.82, 2.24) is 15.0 Å². The van der Waals surface area contributed by atoms with E-state index in [4.69, 9.17) is 4.52 Å². The third-order valence-electron chi connectivity index (χ3n) is 4.30. The van der Waals surface area contributed by atoms with Crippen molar-refractivity contribution >= 4 is 21.8 Å². The third-order valence-corrected chi connectivity index (χ3v) is 4.79. The van der Waals surface area contributed by atoms with Crippen LogP contribution < -0.4 is 0 Å². The van der Waals surface area contributed by atoms with Gasteiger partial charge < -0.3 is 9.42 Å². The summed E-state index contributed by atoms with van der Waals surface area (Å²) >= 11 is 3.41. The summed E-state index contributed by atoms with van der Waals surface area (Å²) < 4.78 is 6.31. The standard InChI is InChI=1S/C16H16BrN3O2/c17-13-3-1-2-11(8-13)16(21)20-7-6-12(9-20)15-18-14(19-22-15)10-4-5-10/h1-3,8,10,12H,4-7,9H2/t12-/m0/s1. The van der Waals surface area contributed by atoms with Crippen molar-refractivity contribution in [3.05, 3.63) is 46.0 Å². The van der Waals surface area contributed by atoms with Gasteiger partial charge in [-0.2, -0.15) is 4.98 Å². The maximum Gasteiger partial charge on any atom is 0.253 e. The maximum absolute atomic E-state index is 12.5. The van der Waals surface area contributed by atoms with Crippen molar-refractivity contribution in [2.45, 2.75) is 31.1 Å². The summed E-state index contributed by atoms with van der Waals surface area (Å²) in [7, 11) is 0. The van der Waals surface area contributed by atoms with Crippen LogP contribution in [0.2, 0.25) is 0 Å². The number of amides is 1. The fourth-order valence-corrected chi connectivity index (χ4v) is 3.27. The molecule has 2 aliphatic rings. The molecule has 1 atom stereocenters. The fraction of sp³-hybridized carbons (Fsp3) is 0.438. The van der Waals surface area contributed by atoms with Crippen LogP contribution in [0, 0.1) is 0 Å². The van der Waals surface area contributed by atoms with E-state index in [1.54, 1.807) is 0 Å². The zero-order chi connectivity index (χ0) is 15.1. The van der Waals surface area contributed by atoms with E-state index in [9.17, 15) is 4.79 Å². The fourth-order valence-electron chi connectivity index (χ4n) is 2.87. The SMILES string of the molecule is O=C(c1cccc(Br)c1)N1CC[C@H](c2nc(C3CC3)no2)C1. The Morgan fingerprint density at radius 3 is 2.91 bits per heavy atom. The van der Waals surface area contributed by atoms with Gasteiger partial charge in [0, 0.05) is 29.0 Å². The number of halogens is 1. The minimum Gasteiger partial charge on any atom is -0.339 e. The van der Waals surface area contributed by atoms with Crippen molar-refractivity contribution < 1.29 is 9.32 Å². The average molecular weight is 362 g/mol. The molecule has 114 valence electrons. The molecule has 1 amide bonds. The molecular formula is C16H16BrN3O2. The molecule has 0 bridgehead atoms. The Bertz CT molecular complexity index is 711. The highest BCUT2D eigenvalue weighted by Gasteiger charge is 2.34. The van der Waals surface area contributed by atoms with E-state index in [1.807, 2.05) is 29.2 Å². The molecule has 1 saturated carbocycles. The van der Waals surface area contributed by atoms with Crippen LogP contribution in [-0.2, 0) is 0 Å². The summed E-state index contributed by atoms with van der Waals surface area (Å²) in [5.74, 6) is 2.25. The minimum absolute atomic E-state index is 0.0609. The molecule has 0 unspecified atom stereocenters. The Labute approximate surface area is 136 Å². The number of aromatic nitrogens is 2. The lowest BCUT2D eigenvalue weighted by molar-refractivity contribution is 0.0789. The Morgan fingerprint density at radius 1 is 1.27 bits per heavy atom. The second-order valence-electron chi connectivity index (χ2n) is 6.01. The number of benzene rings is 1. The van der Waals surface area contributed by atoms with E-state index in [1.165, 1.54) is 0 Å². The molecule has 2 heterocycles. The van der Waals surface area contributed by atoms with Gasteiger partial charge in [-0.25, -0.2) is 0 Å². The number of hydrogen-bond donors (Lipinski definition) is 0. The molecule has 1 aromatic heterocycles. The van der Waals surface area contributed by atoms with Crippen LogP contribution in [-0.4, -0.2) is 34.0 Å². The van der Waals surface area contributed by atoms with Gasteiger partial charge in [-0.3, -0.25) is 4.79 Å². The van der Waals surface area contributed by atoms with Gasteiger partial charge in [0.2, 0.25) is 5.89 Å². The molecule has 2 fully saturated rings. The Morgan fingerprint density at radius 2 is 2.14 bits per heavy atom. The lowest BCUT2D eigenvalue weighted by atomic mass is 10.1. The molecule has 0 radical (unpaired) electrons. The first kappa shape index (κ1) is 13.9. The molecule has 0 spiro atoms. The molecule has 6 heteroatoms. The summed E-state index contributed by atoms with van der Waals surface area (Å²) in [5, 5.41) is 4.07. The monoisotopic (exact) mass is 361 g/mol. The highest BCUT2D eigenvalue weighted by Crippen LogP contribution is 2.39. The van der Waals surface area contributed by atoms with Crippen LogP contribution in [0.25, 0.3) is 0 Å². The van der Waals surface area contributed by atoms with Gasteiger partial charge in [0.1, 0.15) is 0 Å². The second-order valence-corrected chi connectivity index (χ2v) is 6.93. The molecule has 0 N–H and O–H groups in total. The van der Waals surface area contributed by atoms with Crippen molar-refractivity contribution in [2.75, 3.05) is 13.1 Å².